The summed E-state index contributed by atoms with van der Waals surface area (Å²) in [5.41, 5.74) is 5.02. The maximum Gasteiger partial charge on any atom is 0.232 e. The molecule has 3 aromatic carbocycles. The highest BCUT2D eigenvalue weighted by Gasteiger charge is 2.36. The number of hydrogen-bond donors (Lipinski definition) is 0. The second-order valence-corrected chi connectivity index (χ2v) is 10.7. The number of benzene rings is 3. The largest absolute Gasteiger partial charge is 0.493 e. The minimum Gasteiger partial charge on any atom is -0.493 e. The zero-order valence-electron chi connectivity index (χ0n) is 22.0. The molecule has 1 heterocycles. The summed E-state index contributed by atoms with van der Waals surface area (Å²) < 4.78 is 11.9. The molecule has 5 rings (SSSR count). The van der Waals surface area contributed by atoms with E-state index in [4.69, 9.17) is 21.1 Å². The van der Waals surface area contributed by atoms with E-state index in [9.17, 15) is 4.79 Å². The maximum absolute atomic E-state index is 13.7. The number of hydrogen-bond acceptors (Lipinski definition) is 4. The average molecular weight is 519 g/mol. The van der Waals surface area contributed by atoms with Crippen LogP contribution in [0.1, 0.15) is 55.8 Å². The number of anilines is 2. The van der Waals surface area contributed by atoms with Gasteiger partial charge in [-0.1, -0.05) is 30.7 Å². The number of carbonyl (C=O) groups is 1. The maximum atomic E-state index is 13.7. The van der Waals surface area contributed by atoms with Crippen LogP contribution in [0.3, 0.4) is 0 Å². The van der Waals surface area contributed by atoms with Gasteiger partial charge >= 0.3 is 0 Å². The smallest absolute Gasteiger partial charge is 0.232 e. The van der Waals surface area contributed by atoms with Crippen molar-refractivity contribution < 1.29 is 14.3 Å². The first kappa shape index (κ1) is 25.5. The molecule has 0 aromatic heterocycles. The normalized spacial score (nSPS) is 17.8. The Morgan fingerprint density at radius 2 is 1.76 bits per heavy atom. The van der Waals surface area contributed by atoms with E-state index in [1.807, 2.05) is 42.2 Å². The summed E-state index contributed by atoms with van der Waals surface area (Å²) in [6.45, 7) is 5.22. The molecule has 1 fully saturated rings. The first-order chi connectivity index (χ1) is 17.9. The van der Waals surface area contributed by atoms with E-state index in [-0.39, 0.29) is 18.1 Å². The summed E-state index contributed by atoms with van der Waals surface area (Å²) in [5.74, 6) is 2.20. The fraction of sp³-hybridized carbons (Fsp3) is 0.387. The van der Waals surface area contributed by atoms with Crippen LogP contribution in [0, 0.1) is 5.92 Å². The van der Waals surface area contributed by atoms with Crippen molar-refractivity contribution in [2.45, 2.75) is 51.7 Å². The number of rotatable bonds is 9. The Kier molecular flexibility index (Phi) is 7.34. The Bertz CT molecular complexity index is 1250. The highest BCUT2D eigenvalue weighted by molar-refractivity contribution is 6.30. The Hall–Kier alpha value is -3.18. The van der Waals surface area contributed by atoms with E-state index < -0.39 is 0 Å². The van der Waals surface area contributed by atoms with Crippen molar-refractivity contribution in [3.63, 3.8) is 0 Å². The number of carbonyl (C=O) groups excluding carboxylic acids is 1. The van der Waals surface area contributed by atoms with Crippen LogP contribution in [0.4, 0.5) is 11.4 Å². The Balaban J connectivity index is 1.58. The van der Waals surface area contributed by atoms with Gasteiger partial charge in [-0.05, 0) is 97.3 Å². The molecule has 1 saturated carbocycles. The molecule has 1 aliphatic carbocycles. The van der Waals surface area contributed by atoms with Crippen molar-refractivity contribution >= 4 is 28.9 Å². The topological polar surface area (TPSA) is 42.0 Å². The van der Waals surface area contributed by atoms with Gasteiger partial charge in [0.2, 0.25) is 5.91 Å². The highest BCUT2D eigenvalue weighted by atomic mass is 35.5. The number of amides is 1. The lowest BCUT2D eigenvalue weighted by atomic mass is 9.86. The Labute approximate surface area is 224 Å². The van der Waals surface area contributed by atoms with Gasteiger partial charge in [0.25, 0.3) is 0 Å². The molecule has 0 bridgehead atoms. The van der Waals surface area contributed by atoms with Gasteiger partial charge in [-0.25, -0.2) is 0 Å². The zero-order chi connectivity index (χ0) is 26.1. The molecule has 0 spiro atoms. The molecule has 2 aliphatic rings. The van der Waals surface area contributed by atoms with Gasteiger partial charge in [0.05, 0.1) is 25.7 Å². The summed E-state index contributed by atoms with van der Waals surface area (Å²) >= 11 is 6.24. The SMILES string of the molecule is CC[C@@H](C)Oc1cc2c(cc1OC)CC(=O)N(c1ccc(N(C)CC3CC3)cc1)[C@@H]2c1ccc(Cl)cc1. The predicted molar refractivity (Wildman–Crippen MR) is 150 cm³/mol. The number of methoxy groups -OCH3 is 1. The van der Waals surface area contributed by atoms with E-state index in [0.717, 1.165) is 46.9 Å². The third-order valence-corrected chi connectivity index (χ3v) is 7.73. The number of halogens is 1. The van der Waals surface area contributed by atoms with E-state index in [2.05, 4.69) is 49.2 Å². The van der Waals surface area contributed by atoms with Gasteiger partial charge in [0.15, 0.2) is 11.5 Å². The lowest BCUT2D eigenvalue weighted by Gasteiger charge is -2.38. The molecule has 1 aliphatic heterocycles. The Morgan fingerprint density at radius 3 is 2.38 bits per heavy atom. The third kappa shape index (κ3) is 5.42. The van der Waals surface area contributed by atoms with Crippen LogP contribution in [0.15, 0.2) is 60.7 Å². The highest BCUT2D eigenvalue weighted by Crippen LogP contribution is 2.44. The minimum absolute atomic E-state index is 0.0439. The molecule has 194 valence electrons. The van der Waals surface area contributed by atoms with Crippen LogP contribution in [-0.2, 0) is 11.2 Å². The first-order valence-corrected chi connectivity index (χ1v) is 13.5. The van der Waals surface area contributed by atoms with Crippen LogP contribution < -0.4 is 19.3 Å². The molecular weight excluding hydrogens is 484 g/mol. The third-order valence-electron chi connectivity index (χ3n) is 7.48. The second-order valence-electron chi connectivity index (χ2n) is 10.3. The van der Waals surface area contributed by atoms with E-state index in [1.165, 1.54) is 12.8 Å². The molecular formula is C31H35ClN2O3. The quantitative estimate of drug-likeness (QED) is 0.304. The molecule has 0 saturated heterocycles. The van der Waals surface area contributed by atoms with Crippen LogP contribution in [0.25, 0.3) is 0 Å². The Morgan fingerprint density at radius 1 is 1.05 bits per heavy atom. The molecule has 1 amide bonds. The second kappa shape index (κ2) is 10.7. The van der Waals surface area contributed by atoms with E-state index in [1.54, 1.807) is 7.11 Å². The molecule has 0 N–H and O–H groups in total. The summed E-state index contributed by atoms with van der Waals surface area (Å²) in [7, 11) is 3.78. The van der Waals surface area contributed by atoms with Crippen LogP contribution in [0.5, 0.6) is 11.5 Å². The van der Waals surface area contributed by atoms with Crippen molar-refractivity contribution in [1.82, 2.24) is 0 Å². The van der Waals surface area contributed by atoms with Gasteiger partial charge in [0, 0.05) is 30.0 Å². The van der Waals surface area contributed by atoms with Gasteiger partial charge < -0.3 is 19.3 Å². The van der Waals surface area contributed by atoms with Gasteiger partial charge in [-0.15, -0.1) is 0 Å². The lowest BCUT2D eigenvalue weighted by molar-refractivity contribution is -0.118. The van der Waals surface area contributed by atoms with E-state index in [0.29, 0.717) is 22.9 Å². The van der Waals surface area contributed by atoms with Crippen molar-refractivity contribution in [1.29, 1.82) is 0 Å². The fourth-order valence-corrected chi connectivity index (χ4v) is 5.16. The molecule has 5 nitrogen and oxygen atoms in total. The van der Waals surface area contributed by atoms with E-state index >= 15 is 0 Å². The van der Waals surface area contributed by atoms with Crippen LogP contribution in [0.2, 0.25) is 5.02 Å². The zero-order valence-corrected chi connectivity index (χ0v) is 22.8. The van der Waals surface area contributed by atoms with Crippen molar-refractivity contribution in [3.05, 3.63) is 82.4 Å². The van der Waals surface area contributed by atoms with Crippen molar-refractivity contribution in [2.75, 3.05) is 30.5 Å². The van der Waals surface area contributed by atoms with Gasteiger partial charge in [0.1, 0.15) is 0 Å². The molecule has 3 aromatic rings. The van der Waals surface area contributed by atoms with Gasteiger partial charge in [-0.3, -0.25) is 4.79 Å². The monoisotopic (exact) mass is 518 g/mol. The molecule has 0 unspecified atom stereocenters. The number of nitrogens with zero attached hydrogens (tertiary/aromatic N) is 2. The first-order valence-electron chi connectivity index (χ1n) is 13.1. The van der Waals surface area contributed by atoms with Gasteiger partial charge in [-0.2, -0.15) is 0 Å². The lowest BCUT2D eigenvalue weighted by Crippen LogP contribution is -2.41. The molecule has 6 heteroatoms. The average Bonchev–Trinajstić information content (AvgIpc) is 3.72. The summed E-state index contributed by atoms with van der Waals surface area (Å²) in [6.07, 6.45) is 3.86. The fourth-order valence-electron chi connectivity index (χ4n) is 5.04. The molecule has 0 radical (unpaired) electrons. The van der Waals surface area contributed by atoms with Crippen LogP contribution >= 0.6 is 11.6 Å². The summed E-state index contributed by atoms with van der Waals surface area (Å²) in [4.78, 5) is 17.9. The number of fused-ring (bicyclic) bond motifs is 1. The summed E-state index contributed by atoms with van der Waals surface area (Å²) in [6, 6.07) is 19.8. The summed E-state index contributed by atoms with van der Waals surface area (Å²) in [5, 5.41) is 0.663. The minimum atomic E-state index is -0.311. The van der Waals surface area contributed by atoms with Crippen LogP contribution in [-0.4, -0.2) is 32.7 Å². The number of ether oxygens (including phenoxy) is 2. The molecule has 2 atom stereocenters. The molecule has 37 heavy (non-hydrogen) atoms. The standard InChI is InChI=1S/C31H35ClN2O3/c1-5-20(2)37-29-18-27-23(16-28(29)36-4)17-30(35)34(31(27)22-8-10-24(32)11-9-22)26-14-12-25(13-15-26)33(3)19-21-6-7-21/h8-16,18,20-21,31H,5-7,17,19H2,1-4H3/t20-,31-/m1/s1. The predicted octanol–water partition coefficient (Wildman–Crippen LogP) is 7.05. The van der Waals surface area contributed by atoms with Crippen molar-refractivity contribution in [3.8, 4) is 11.5 Å². The van der Waals surface area contributed by atoms with Crippen molar-refractivity contribution in [2.24, 2.45) is 5.92 Å².